The monoisotopic (exact) mass is 274 g/mol. The predicted molar refractivity (Wildman–Crippen MR) is 72.4 cm³/mol. The zero-order chi connectivity index (χ0) is 13.2. The van der Waals surface area contributed by atoms with Gasteiger partial charge in [0.15, 0.2) is 0 Å². The molecule has 96 valence electrons. The fourth-order valence-electron chi connectivity index (χ4n) is 1.70. The first-order chi connectivity index (χ1) is 9.22. The normalized spacial score (nSPS) is 10.9. The lowest BCUT2D eigenvalue weighted by molar-refractivity contribution is 0.956. The van der Waals surface area contributed by atoms with Gasteiger partial charge in [0, 0.05) is 24.3 Å². The van der Waals surface area contributed by atoms with E-state index in [1.807, 2.05) is 24.4 Å². The number of aromatic nitrogens is 4. The van der Waals surface area contributed by atoms with Crippen LogP contribution in [0, 0.1) is 0 Å². The van der Waals surface area contributed by atoms with E-state index in [1.54, 1.807) is 10.7 Å². The van der Waals surface area contributed by atoms with E-state index in [1.165, 1.54) is 18.0 Å². The number of nitrogens with one attached hydrogen (secondary N) is 2. The minimum atomic E-state index is -0.634. The molecule has 0 bridgehead atoms. The van der Waals surface area contributed by atoms with E-state index in [-0.39, 0.29) is 0 Å². The zero-order valence-corrected chi connectivity index (χ0v) is 10.6. The highest BCUT2D eigenvalue weighted by atomic mass is 32.2. The molecule has 0 unspecified atom stereocenters. The zero-order valence-electron chi connectivity index (χ0n) is 9.79. The molecular formula is C12H10N4O2S. The summed E-state index contributed by atoms with van der Waals surface area (Å²) in [7, 11) is 0. The minimum absolute atomic E-state index is 0.628. The van der Waals surface area contributed by atoms with Crippen LogP contribution >= 0.6 is 11.8 Å². The van der Waals surface area contributed by atoms with Crippen molar-refractivity contribution < 1.29 is 0 Å². The molecule has 0 aliphatic rings. The average Bonchev–Trinajstić information content (AvgIpc) is 2.87. The summed E-state index contributed by atoms with van der Waals surface area (Å²) in [6.07, 6.45) is 5.14. The number of hydrogen-bond acceptors (Lipinski definition) is 4. The quantitative estimate of drug-likeness (QED) is 0.551. The van der Waals surface area contributed by atoms with Crippen molar-refractivity contribution in [3.8, 4) is 0 Å². The van der Waals surface area contributed by atoms with Crippen molar-refractivity contribution in [2.45, 2.75) is 10.8 Å². The van der Waals surface area contributed by atoms with Crippen LogP contribution in [0.5, 0.6) is 0 Å². The van der Waals surface area contributed by atoms with Gasteiger partial charge in [-0.15, -0.1) is 11.8 Å². The molecule has 0 aliphatic heterocycles. The van der Waals surface area contributed by atoms with Gasteiger partial charge in [0.1, 0.15) is 0 Å². The largest absolute Gasteiger partial charge is 0.322 e. The number of fused-ring (bicyclic) bond motifs is 1. The molecule has 3 aromatic heterocycles. The molecule has 0 spiro atoms. The first kappa shape index (κ1) is 11.8. The molecule has 7 heteroatoms. The van der Waals surface area contributed by atoms with Crippen LogP contribution in [0.2, 0.25) is 0 Å². The second kappa shape index (κ2) is 4.77. The molecule has 0 radical (unpaired) electrons. The molecule has 3 aromatic rings. The fraction of sp³-hybridized carbons (Fsp3) is 0.0833. The topological polar surface area (TPSA) is 83.0 Å². The fourth-order valence-corrected chi connectivity index (χ4v) is 2.51. The van der Waals surface area contributed by atoms with E-state index in [4.69, 9.17) is 0 Å². The third kappa shape index (κ3) is 2.45. The van der Waals surface area contributed by atoms with Crippen molar-refractivity contribution in [2.75, 3.05) is 0 Å². The number of thioether (sulfide) groups is 1. The van der Waals surface area contributed by atoms with E-state index < -0.39 is 11.1 Å². The second-order valence-corrected chi connectivity index (χ2v) is 4.98. The lowest BCUT2D eigenvalue weighted by Gasteiger charge is -2.02. The maximum Gasteiger partial charge on any atom is 0.314 e. The van der Waals surface area contributed by atoms with Gasteiger partial charge in [-0.2, -0.15) is 5.10 Å². The van der Waals surface area contributed by atoms with Crippen LogP contribution in [0.3, 0.4) is 0 Å². The molecule has 0 saturated heterocycles. The highest BCUT2D eigenvalue weighted by molar-refractivity contribution is 7.98. The molecule has 0 amide bonds. The SMILES string of the molecule is O=c1[nH]cc(SCc2ccn3nccc3c2)[nH]c1=O. The number of rotatable bonds is 3. The third-order valence-corrected chi connectivity index (χ3v) is 3.64. The lowest BCUT2D eigenvalue weighted by Crippen LogP contribution is -2.28. The van der Waals surface area contributed by atoms with Crippen molar-refractivity contribution in [1.82, 2.24) is 19.6 Å². The molecule has 19 heavy (non-hydrogen) atoms. The van der Waals surface area contributed by atoms with Crippen molar-refractivity contribution in [3.05, 3.63) is 63.1 Å². The molecule has 0 atom stereocenters. The Morgan fingerprint density at radius 3 is 3.00 bits per heavy atom. The van der Waals surface area contributed by atoms with E-state index in [0.717, 1.165) is 11.1 Å². The number of hydrogen-bond donors (Lipinski definition) is 2. The van der Waals surface area contributed by atoms with Crippen molar-refractivity contribution in [1.29, 1.82) is 0 Å². The second-order valence-electron chi connectivity index (χ2n) is 3.96. The summed E-state index contributed by atoms with van der Waals surface area (Å²) in [6, 6.07) is 5.93. The van der Waals surface area contributed by atoms with E-state index in [0.29, 0.717) is 10.8 Å². The van der Waals surface area contributed by atoms with Crippen LogP contribution in [0.25, 0.3) is 5.52 Å². The van der Waals surface area contributed by atoms with Gasteiger partial charge in [-0.3, -0.25) is 9.59 Å². The summed E-state index contributed by atoms with van der Waals surface area (Å²) in [4.78, 5) is 27.0. The summed E-state index contributed by atoms with van der Waals surface area (Å²) in [5.74, 6) is 0.698. The summed E-state index contributed by atoms with van der Waals surface area (Å²) in [6.45, 7) is 0. The Balaban J connectivity index is 1.79. The Morgan fingerprint density at radius 1 is 1.26 bits per heavy atom. The van der Waals surface area contributed by atoms with E-state index in [9.17, 15) is 9.59 Å². The third-order valence-electron chi connectivity index (χ3n) is 2.64. The van der Waals surface area contributed by atoms with Gasteiger partial charge in [0.2, 0.25) is 0 Å². The maximum atomic E-state index is 11.2. The van der Waals surface area contributed by atoms with Crippen LogP contribution in [0.15, 0.2) is 51.4 Å². The Morgan fingerprint density at radius 2 is 2.16 bits per heavy atom. The lowest BCUT2D eigenvalue weighted by atomic mass is 10.3. The first-order valence-corrected chi connectivity index (χ1v) is 6.58. The maximum absolute atomic E-state index is 11.2. The van der Waals surface area contributed by atoms with Crippen LogP contribution in [-0.4, -0.2) is 19.6 Å². The molecule has 0 fully saturated rings. The summed E-state index contributed by atoms with van der Waals surface area (Å²) in [5.41, 5.74) is 0.874. The molecule has 2 N–H and O–H groups in total. The molecule has 0 aliphatic carbocycles. The van der Waals surface area contributed by atoms with Crippen molar-refractivity contribution in [2.24, 2.45) is 0 Å². The molecule has 3 rings (SSSR count). The summed E-state index contributed by atoms with van der Waals surface area (Å²) < 4.78 is 1.79. The van der Waals surface area contributed by atoms with E-state index >= 15 is 0 Å². The number of pyridine rings is 1. The van der Waals surface area contributed by atoms with Crippen molar-refractivity contribution in [3.63, 3.8) is 0 Å². The van der Waals surface area contributed by atoms with Gasteiger partial charge in [0.05, 0.1) is 10.5 Å². The van der Waals surface area contributed by atoms with Crippen LogP contribution in [-0.2, 0) is 5.75 Å². The molecule has 0 aromatic carbocycles. The highest BCUT2D eigenvalue weighted by Crippen LogP contribution is 2.19. The Kier molecular flexibility index (Phi) is 2.96. The van der Waals surface area contributed by atoms with Gasteiger partial charge in [-0.1, -0.05) is 0 Å². The van der Waals surface area contributed by atoms with Gasteiger partial charge < -0.3 is 9.97 Å². The Hall–Kier alpha value is -2.28. The minimum Gasteiger partial charge on any atom is -0.322 e. The summed E-state index contributed by atoms with van der Waals surface area (Å²) >= 11 is 1.45. The van der Waals surface area contributed by atoms with Crippen molar-refractivity contribution >= 4 is 17.3 Å². The van der Waals surface area contributed by atoms with Gasteiger partial charge in [0.25, 0.3) is 0 Å². The average molecular weight is 274 g/mol. The number of aromatic amines is 2. The smallest absolute Gasteiger partial charge is 0.314 e. The Bertz CT molecular complexity index is 833. The molecule has 3 heterocycles. The van der Waals surface area contributed by atoms with E-state index in [2.05, 4.69) is 15.1 Å². The molecular weight excluding hydrogens is 264 g/mol. The standard InChI is InChI=1S/C12H10N4O2S/c17-11-12(18)15-10(6-13-11)19-7-8-2-4-16-9(5-8)1-3-14-16/h1-6H,7H2,(H,13,17)(H,15,18). The van der Waals surface area contributed by atoms with Crippen LogP contribution < -0.4 is 11.1 Å². The first-order valence-electron chi connectivity index (χ1n) is 5.59. The highest BCUT2D eigenvalue weighted by Gasteiger charge is 2.01. The van der Waals surface area contributed by atoms with Gasteiger partial charge in [-0.05, 0) is 23.8 Å². The summed E-state index contributed by atoms with van der Waals surface area (Å²) in [5, 5.41) is 4.76. The van der Waals surface area contributed by atoms with Crippen LogP contribution in [0.4, 0.5) is 0 Å². The Labute approximate surface area is 111 Å². The van der Waals surface area contributed by atoms with Crippen LogP contribution in [0.1, 0.15) is 5.56 Å². The number of H-pyrrole nitrogens is 2. The van der Waals surface area contributed by atoms with Gasteiger partial charge in [-0.25, -0.2) is 4.52 Å². The van der Waals surface area contributed by atoms with Gasteiger partial charge >= 0.3 is 11.1 Å². The molecule has 6 nitrogen and oxygen atoms in total. The predicted octanol–water partition coefficient (Wildman–Crippen LogP) is 1.00. The molecule has 0 saturated carbocycles. The number of nitrogens with zero attached hydrogens (tertiary/aromatic N) is 2.